The second kappa shape index (κ2) is 8.20. The number of esters is 1. The highest BCUT2D eigenvalue weighted by molar-refractivity contribution is 5.95. The predicted octanol–water partition coefficient (Wildman–Crippen LogP) is 1.29. The summed E-state index contributed by atoms with van der Waals surface area (Å²) < 4.78 is 5.23. The number of aromatic nitrogens is 2. The molecule has 1 aromatic heterocycles. The van der Waals surface area contributed by atoms with Gasteiger partial charge in [-0.2, -0.15) is 0 Å². The van der Waals surface area contributed by atoms with E-state index in [-0.39, 0.29) is 24.2 Å². The number of cyclic esters (lactones) is 1. The topological polar surface area (TPSA) is 114 Å². The molecule has 9 nitrogen and oxygen atoms in total. The molecule has 3 heterocycles. The molecule has 4 rings (SSSR count). The van der Waals surface area contributed by atoms with Crippen LogP contribution >= 0.6 is 0 Å². The lowest BCUT2D eigenvalue weighted by atomic mass is 9.90. The molecule has 162 valence electrons. The smallest absolute Gasteiger partial charge is 0.307 e. The van der Waals surface area contributed by atoms with E-state index in [1.54, 1.807) is 20.0 Å². The SMILES string of the molecule is CC1(C)OC(=O)CC1C(=O)NCCc1nc(NC2CC2)ncc1C(=O)N1CCCC1. The van der Waals surface area contributed by atoms with Gasteiger partial charge in [0.2, 0.25) is 11.9 Å². The number of amides is 2. The third kappa shape index (κ3) is 4.55. The summed E-state index contributed by atoms with van der Waals surface area (Å²) in [4.78, 5) is 47.8. The molecule has 0 spiro atoms. The van der Waals surface area contributed by atoms with Gasteiger partial charge in [-0.3, -0.25) is 14.4 Å². The summed E-state index contributed by atoms with van der Waals surface area (Å²) in [7, 11) is 0. The molecule has 3 fully saturated rings. The molecule has 1 unspecified atom stereocenters. The van der Waals surface area contributed by atoms with Crippen molar-refractivity contribution in [3.8, 4) is 0 Å². The van der Waals surface area contributed by atoms with E-state index in [0.29, 0.717) is 36.2 Å². The number of nitrogens with zero attached hydrogens (tertiary/aromatic N) is 3. The first-order valence-electron chi connectivity index (χ1n) is 10.7. The van der Waals surface area contributed by atoms with Crippen molar-refractivity contribution < 1.29 is 19.1 Å². The summed E-state index contributed by atoms with van der Waals surface area (Å²) >= 11 is 0. The van der Waals surface area contributed by atoms with Crippen molar-refractivity contribution in [2.45, 2.75) is 64.0 Å². The minimum Gasteiger partial charge on any atom is -0.459 e. The highest BCUT2D eigenvalue weighted by atomic mass is 16.6. The van der Waals surface area contributed by atoms with Gasteiger partial charge in [0.25, 0.3) is 5.91 Å². The molecule has 3 aliphatic rings. The first-order chi connectivity index (χ1) is 14.3. The van der Waals surface area contributed by atoms with Crippen LogP contribution in [0.15, 0.2) is 6.20 Å². The number of anilines is 1. The average molecular weight is 415 g/mol. The van der Waals surface area contributed by atoms with Gasteiger partial charge < -0.3 is 20.3 Å². The summed E-state index contributed by atoms with van der Waals surface area (Å²) in [5.74, 6) is -0.627. The van der Waals surface area contributed by atoms with Gasteiger partial charge in [0.05, 0.1) is 23.6 Å². The molecule has 1 atom stereocenters. The van der Waals surface area contributed by atoms with Gasteiger partial charge in [-0.05, 0) is 39.5 Å². The Morgan fingerprint density at radius 2 is 2.00 bits per heavy atom. The standard InChI is InChI=1S/C21H29N5O4/c1-21(2)15(11-17(27)30-21)18(28)22-8-7-16-14(19(29)26-9-3-4-10-26)12-23-20(25-16)24-13-5-6-13/h12-13,15H,3-11H2,1-2H3,(H,22,28)(H,23,24,25). The lowest BCUT2D eigenvalue weighted by Crippen LogP contribution is -2.41. The van der Waals surface area contributed by atoms with Crippen molar-refractivity contribution in [2.75, 3.05) is 25.0 Å². The number of likely N-dealkylation sites (tertiary alicyclic amines) is 1. The summed E-state index contributed by atoms with van der Waals surface area (Å²) in [6, 6.07) is 0.403. The van der Waals surface area contributed by atoms with E-state index < -0.39 is 11.5 Å². The van der Waals surface area contributed by atoms with Crippen LogP contribution in [0.1, 0.15) is 62.0 Å². The summed E-state index contributed by atoms with van der Waals surface area (Å²) in [6.07, 6.45) is 6.31. The third-order valence-corrected chi connectivity index (χ3v) is 5.97. The number of carbonyl (C=O) groups is 3. The van der Waals surface area contributed by atoms with Gasteiger partial charge in [-0.25, -0.2) is 9.97 Å². The van der Waals surface area contributed by atoms with Crippen LogP contribution in [-0.2, 0) is 20.7 Å². The number of hydrogen-bond donors (Lipinski definition) is 2. The Kier molecular flexibility index (Phi) is 5.62. The fraction of sp³-hybridized carbons (Fsp3) is 0.667. The average Bonchev–Trinajstić information content (AvgIpc) is 3.23. The summed E-state index contributed by atoms with van der Waals surface area (Å²) in [5.41, 5.74) is 0.310. The van der Waals surface area contributed by atoms with E-state index in [2.05, 4.69) is 20.6 Å². The molecule has 2 amide bonds. The third-order valence-electron chi connectivity index (χ3n) is 5.97. The second-order valence-electron chi connectivity index (χ2n) is 8.85. The van der Waals surface area contributed by atoms with E-state index in [9.17, 15) is 14.4 Å². The fourth-order valence-electron chi connectivity index (χ4n) is 4.01. The maximum Gasteiger partial charge on any atom is 0.307 e. The Morgan fingerprint density at radius 3 is 2.63 bits per heavy atom. The van der Waals surface area contributed by atoms with Crippen LogP contribution in [0.25, 0.3) is 0 Å². The van der Waals surface area contributed by atoms with Crippen LogP contribution < -0.4 is 10.6 Å². The molecule has 0 bridgehead atoms. The van der Waals surface area contributed by atoms with Crippen molar-refractivity contribution in [1.82, 2.24) is 20.2 Å². The van der Waals surface area contributed by atoms with Crippen LogP contribution in [0.3, 0.4) is 0 Å². The zero-order valence-electron chi connectivity index (χ0n) is 17.6. The zero-order chi connectivity index (χ0) is 21.3. The minimum atomic E-state index is -0.811. The zero-order valence-corrected chi connectivity index (χ0v) is 17.6. The predicted molar refractivity (Wildman–Crippen MR) is 109 cm³/mol. The van der Waals surface area contributed by atoms with E-state index in [0.717, 1.165) is 38.8 Å². The minimum absolute atomic E-state index is 0.0530. The normalized spacial score (nSPS) is 22.7. The lowest BCUT2D eigenvalue weighted by Gasteiger charge is -2.23. The Bertz CT molecular complexity index is 846. The second-order valence-corrected chi connectivity index (χ2v) is 8.85. The van der Waals surface area contributed by atoms with E-state index in [1.165, 1.54) is 0 Å². The Labute approximate surface area is 176 Å². The molecular weight excluding hydrogens is 386 g/mol. The highest BCUT2D eigenvalue weighted by Gasteiger charge is 2.46. The number of nitrogens with one attached hydrogen (secondary N) is 2. The first-order valence-corrected chi connectivity index (χ1v) is 10.7. The molecule has 0 radical (unpaired) electrons. The molecule has 2 aliphatic heterocycles. The quantitative estimate of drug-likeness (QED) is 0.645. The van der Waals surface area contributed by atoms with Gasteiger partial charge in [0.1, 0.15) is 5.60 Å². The van der Waals surface area contributed by atoms with Gasteiger partial charge in [0.15, 0.2) is 0 Å². The molecule has 9 heteroatoms. The van der Waals surface area contributed by atoms with E-state index in [1.807, 2.05) is 4.90 Å². The largest absolute Gasteiger partial charge is 0.459 e. The van der Waals surface area contributed by atoms with Crippen molar-refractivity contribution in [2.24, 2.45) is 5.92 Å². The van der Waals surface area contributed by atoms with Crippen LogP contribution in [0.2, 0.25) is 0 Å². The molecule has 2 N–H and O–H groups in total. The maximum absolute atomic E-state index is 12.9. The van der Waals surface area contributed by atoms with Crippen LogP contribution in [0.5, 0.6) is 0 Å². The molecule has 0 aromatic carbocycles. The highest BCUT2D eigenvalue weighted by Crippen LogP contribution is 2.32. The first kappa shape index (κ1) is 20.6. The van der Waals surface area contributed by atoms with Gasteiger partial charge in [-0.15, -0.1) is 0 Å². The Hall–Kier alpha value is -2.71. The molecular formula is C21H29N5O4. The lowest BCUT2D eigenvalue weighted by molar-refractivity contribution is -0.147. The van der Waals surface area contributed by atoms with Gasteiger partial charge in [-0.1, -0.05) is 0 Å². The number of hydrogen-bond acceptors (Lipinski definition) is 7. The maximum atomic E-state index is 12.9. The monoisotopic (exact) mass is 415 g/mol. The van der Waals surface area contributed by atoms with Crippen LogP contribution in [0.4, 0.5) is 5.95 Å². The van der Waals surface area contributed by atoms with Crippen LogP contribution in [0, 0.1) is 5.92 Å². The van der Waals surface area contributed by atoms with E-state index in [4.69, 9.17) is 4.74 Å². The Morgan fingerprint density at radius 1 is 1.27 bits per heavy atom. The number of rotatable bonds is 7. The number of carbonyl (C=O) groups excluding carboxylic acids is 3. The summed E-state index contributed by atoms with van der Waals surface area (Å²) in [5, 5.41) is 6.14. The molecule has 1 saturated carbocycles. The molecule has 2 saturated heterocycles. The van der Waals surface area contributed by atoms with Crippen LogP contribution in [-0.4, -0.2) is 63.9 Å². The van der Waals surface area contributed by atoms with Gasteiger partial charge in [0, 0.05) is 38.3 Å². The molecule has 1 aliphatic carbocycles. The number of ether oxygens (including phenoxy) is 1. The molecule has 1 aromatic rings. The van der Waals surface area contributed by atoms with E-state index >= 15 is 0 Å². The van der Waals surface area contributed by atoms with Crippen molar-refractivity contribution in [3.63, 3.8) is 0 Å². The van der Waals surface area contributed by atoms with Crippen molar-refractivity contribution in [3.05, 3.63) is 17.5 Å². The molecule has 30 heavy (non-hydrogen) atoms. The fourth-order valence-corrected chi connectivity index (χ4v) is 4.01. The van der Waals surface area contributed by atoms with Crippen molar-refractivity contribution in [1.29, 1.82) is 0 Å². The summed E-state index contributed by atoms with van der Waals surface area (Å²) in [6.45, 7) is 5.31. The van der Waals surface area contributed by atoms with Crippen molar-refractivity contribution >= 4 is 23.7 Å². The van der Waals surface area contributed by atoms with Gasteiger partial charge >= 0.3 is 5.97 Å². The Balaban J connectivity index is 1.43.